The number of carbonyl (C=O) groups excluding carboxylic acids is 1. The van der Waals surface area contributed by atoms with Crippen LogP contribution < -0.4 is 10.1 Å². The molecule has 2 aromatic heterocycles. The number of anilines is 1. The monoisotopic (exact) mass is 470 g/mol. The smallest absolute Gasteiger partial charge is 0.434 e. The average molecular weight is 470 g/mol. The molecule has 1 amide bonds. The van der Waals surface area contributed by atoms with Crippen molar-refractivity contribution in [3.05, 3.63) is 60.3 Å². The van der Waals surface area contributed by atoms with E-state index in [9.17, 15) is 18.0 Å². The van der Waals surface area contributed by atoms with Crippen molar-refractivity contribution in [2.24, 2.45) is 0 Å². The van der Waals surface area contributed by atoms with Crippen LogP contribution in [0.1, 0.15) is 35.3 Å². The summed E-state index contributed by atoms with van der Waals surface area (Å²) in [6.45, 7) is 0. The Kier molecular flexibility index (Phi) is 5.54. The number of alkyl halides is 3. The Morgan fingerprint density at radius 2 is 1.88 bits per heavy atom. The predicted molar refractivity (Wildman–Crippen MR) is 116 cm³/mol. The van der Waals surface area contributed by atoms with Crippen molar-refractivity contribution in [1.29, 1.82) is 0 Å². The van der Waals surface area contributed by atoms with Crippen LogP contribution in [0.5, 0.6) is 5.75 Å². The SMILES string of the molecule is COc1cccc(-c2ncccn2)c1C(=O)N1C2CCC1C(Nc1cnc(C(F)(F)F)cn1)C2. The molecular formula is C23H21F3N6O2. The van der Waals surface area contributed by atoms with Gasteiger partial charge in [-0.15, -0.1) is 0 Å². The van der Waals surface area contributed by atoms with E-state index in [1.807, 2.05) is 4.90 Å². The van der Waals surface area contributed by atoms with Crippen molar-refractivity contribution in [1.82, 2.24) is 24.8 Å². The maximum absolute atomic E-state index is 13.8. The van der Waals surface area contributed by atoms with Crippen molar-refractivity contribution >= 4 is 11.7 Å². The maximum Gasteiger partial charge on any atom is 0.434 e. The van der Waals surface area contributed by atoms with Crippen LogP contribution in [0, 0.1) is 0 Å². The van der Waals surface area contributed by atoms with E-state index < -0.39 is 11.9 Å². The first-order chi connectivity index (χ1) is 16.4. The van der Waals surface area contributed by atoms with Crippen LogP contribution in [-0.4, -0.2) is 56.0 Å². The second-order valence-electron chi connectivity index (χ2n) is 8.24. The molecule has 0 saturated carbocycles. The largest absolute Gasteiger partial charge is 0.496 e. The summed E-state index contributed by atoms with van der Waals surface area (Å²) in [6, 6.07) is 6.70. The molecule has 0 radical (unpaired) electrons. The van der Waals surface area contributed by atoms with Gasteiger partial charge in [0.2, 0.25) is 0 Å². The fourth-order valence-electron chi connectivity index (χ4n) is 4.87. The number of amides is 1. The average Bonchev–Trinajstić information content (AvgIpc) is 3.41. The molecule has 1 N–H and O–H groups in total. The summed E-state index contributed by atoms with van der Waals surface area (Å²) in [5, 5.41) is 3.17. The van der Waals surface area contributed by atoms with Gasteiger partial charge in [-0.3, -0.25) is 4.79 Å². The Balaban J connectivity index is 1.41. The van der Waals surface area contributed by atoms with Crippen LogP contribution >= 0.6 is 0 Å². The van der Waals surface area contributed by atoms with E-state index in [4.69, 9.17) is 4.74 Å². The fraction of sp³-hybridized carbons (Fsp3) is 0.348. The molecule has 34 heavy (non-hydrogen) atoms. The molecule has 2 aliphatic heterocycles. The summed E-state index contributed by atoms with van der Waals surface area (Å²) in [6.07, 6.45) is 2.74. The fourth-order valence-corrected chi connectivity index (χ4v) is 4.87. The molecule has 8 nitrogen and oxygen atoms in total. The van der Waals surface area contributed by atoms with Gasteiger partial charge in [-0.05, 0) is 31.4 Å². The number of hydrogen-bond donors (Lipinski definition) is 1. The minimum Gasteiger partial charge on any atom is -0.496 e. The number of hydrogen-bond acceptors (Lipinski definition) is 7. The van der Waals surface area contributed by atoms with E-state index >= 15 is 0 Å². The van der Waals surface area contributed by atoms with E-state index in [1.54, 1.807) is 36.7 Å². The Hall–Kier alpha value is -3.76. The predicted octanol–water partition coefficient (Wildman–Crippen LogP) is 3.82. The van der Waals surface area contributed by atoms with Crippen LogP contribution in [0.15, 0.2) is 49.1 Å². The lowest BCUT2D eigenvalue weighted by atomic mass is 9.95. The van der Waals surface area contributed by atoms with Gasteiger partial charge in [0.05, 0.1) is 37.2 Å². The lowest BCUT2D eigenvalue weighted by Crippen LogP contribution is -2.40. The lowest BCUT2D eigenvalue weighted by molar-refractivity contribution is -0.141. The number of carbonyl (C=O) groups is 1. The number of nitrogens with one attached hydrogen (secondary N) is 1. The van der Waals surface area contributed by atoms with E-state index in [2.05, 4.69) is 25.3 Å². The molecule has 2 fully saturated rings. The van der Waals surface area contributed by atoms with E-state index in [0.29, 0.717) is 35.3 Å². The normalized spacial score (nSPS) is 21.5. The second kappa shape index (κ2) is 8.54. The van der Waals surface area contributed by atoms with Crippen LogP contribution in [-0.2, 0) is 6.18 Å². The quantitative estimate of drug-likeness (QED) is 0.606. The molecule has 1 aromatic carbocycles. The summed E-state index contributed by atoms with van der Waals surface area (Å²) in [4.78, 5) is 31.6. The number of methoxy groups -OCH3 is 1. The molecule has 3 unspecified atom stereocenters. The molecule has 2 aliphatic rings. The molecule has 11 heteroatoms. The van der Waals surface area contributed by atoms with Gasteiger partial charge in [0, 0.05) is 24.0 Å². The topological polar surface area (TPSA) is 93.1 Å². The Labute approximate surface area is 193 Å². The molecule has 5 rings (SSSR count). The molecule has 3 aromatic rings. The minimum absolute atomic E-state index is 0.00754. The molecule has 0 aliphatic carbocycles. The highest BCUT2D eigenvalue weighted by Crippen LogP contribution is 2.42. The summed E-state index contributed by atoms with van der Waals surface area (Å²) >= 11 is 0. The maximum atomic E-state index is 13.8. The van der Waals surface area contributed by atoms with Crippen molar-refractivity contribution in [2.45, 2.75) is 43.6 Å². The third-order valence-corrected chi connectivity index (χ3v) is 6.31. The van der Waals surface area contributed by atoms with E-state index in [0.717, 1.165) is 19.0 Å². The number of rotatable bonds is 5. The van der Waals surface area contributed by atoms with Gasteiger partial charge in [0.25, 0.3) is 5.91 Å². The zero-order valence-corrected chi connectivity index (χ0v) is 18.2. The van der Waals surface area contributed by atoms with Gasteiger partial charge >= 0.3 is 6.18 Å². The first-order valence-corrected chi connectivity index (χ1v) is 10.8. The van der Waals surface area contributed by atoms with Gasteiger partial charge in [-0.1, -0.05) is 12.1 Å². The second-order valence-corrected chi connectivity index (χ2v) is 8.24. The number of fused-ring (bicyclic) bond motifs is 2. The van der Waals surface area contributed by atoms with Gasteiger partial charge in [0.15, 0.2) is 11.5 Å². The highest BCUT2D eigenvalue weighted by atomic mass is 19.4. The first kappa shape index (κ1) is 22.1. The lowest BCUT2D eigenvalue weighted by Gasteiger charge is -2.26. The number of ether oxygens (including phenoxy) is 1. The van der Waals surface area contributed by atoms with Crippen LogP contribution in [0.2, 0.25) is 0 Å². The molecule has 2 bridgehead atoms. The molecule has 4 heterocycles. The highest BCUT2D eigenvalue weighted by molar-refractivity contribution is 6.03. The third kappa shape index (κ3) is 3.91. The summed E-state index contributed by atoms with van der Waals surface area (Å²) in [5.41, 5.74) is -0.0768. The van der Waals surface area contributed by atoms with Gasteiger partial charge in [-0.2, -0.15) is 13.2 Å². The molecule has 3 atom stereocenters. The van der Waals surface area contributed by atoms with Crippen molar-refractivity contribution in [2.75, 3.05) is 12.4 Å². The molecule has 2 saturated heterocycles. The first-order valence-electron chi connectivity index (χ1n) is 10.8. The van der Waals surface area contributed by atoms with Crippen molar-refractivity contribution in [3.63, 3.8) is 0 Å². The zero-order valence-electron chi connectivity index (χ0n) is 18.2. The molecule has 0 spiro atoms. The molecule has 176 valence electrons. The molecular weight excluding hydrogens is 449 g/mol. The Morgan fingerprint density at radius 1 is 1.09 bits per heavy atom. The van der Waals surface area contributed by atoms with Gasteiger partial charge < -0.3 is 15.0 Å². The van der Waals surface area contributed by atoms with Crippen LogP contribution in [0.25, 0.3) is 11.4 Å². The Bertz CT molecular complexity index is 1190. The number of benzene rings is 1. The third-order valence-electron chi connectivity index (χ3n) is 6.31. The van der Waals surface area contributed by atoms with Crippen molar-refractivity contribution < 1.29 is 22.7 Å². The summed E-state index contributed by atoms with van der Waals surface area (Å²) < 4.78 is 43.8. The minimum atomic E-state index is -4.55. The van der Waals surface area contributed by atoms with Gasteiger partial charge in [-0.25, -0.2) is 19.9 Å². The van der Waals surface area contributed by atoms with Gasteiger partial charge in [0.1, 0.15) is 11.6 Å². The number of halogens is 3. The van der Waals surface area contributed by atoms with E-state index in [-0.39, 0.29) is 29.9 Å². The van der Waals surface area contributed by atoms with Crippen LogP contribution in [0.3, 0.4) is 0 Å². The van der Waals surface area contributed by atoms with Crippen LogP contribution in [0.4, 0.5) is 19.0 Å². The number of nitrogens with zero attached hydrogens (tertiary/aromatic N) is 5. The Morgan fingerprint density at radius 3 is 2.56 bits per heavy atom. The summed E-state index contributed by atoms with van der Waals surface area (Å²) in [7, 11) is 1.51. The number of aromatic nitrogens is 4. The summed E-state index contributed by atoms with van der Waals surface area (Å²) in [5.74, 6) is 0.911. The highest BCUT2D eigenvalue weighted by Gasteiger charge is 2.49. The van der Waals surface area contributed by atoms with Crippen molar-refractivity contribution in [3.8, 4) is 17.1 Å². The van der Waals surface area contributed by atoms with E-state index in [1.165, 1.54) is 7.11 Å². The zero-order chi connectivity index (χ0) is 23.9. The standard InChI is InChI=1S/C23H21F3N6O2/c1-34-17-5-2-4-14(21-27-8-3-9-28-21)20(17)22(33)32-13-6-7-16(32)15(10-13)31-19-12-29-18(11-30-19)23(24,25)26/h2-5,8-9,11-13,15-16H,6-7,10H2,1H3,(H,30,31).